The summed E-state index contributed by atoms with van der Waals surface area (Å²) in [4.78, 5) is 8.00. The second-order valence-corrected chi connectivity index (χ2v) is 4.91. The third kappa shape index (κ3) is 2.58. The van der Waals surface area contributed by atoms with Gasteiger partial charge in [0, 0.05) is 18.1 Å². The van der Waals surface area contributed by atoms with E-state index in [1.807, 2.05) is 6.21 Å². The fraction of sp³-hybridized carbons (Fsp3) is 0.471. The Balaban J connectivity index is 2.40. The number of aryl methyl sites for hydroxylation is 1. The van der Waals surface area contributed by atoms with E-state index in [1.54, 1.807) is 0 Å². The van der Waals surface area contributed by atoms with Gasteiger partial charge in [0.2, 0.25) is 0 Å². The molecule has 102 valence electrons. The molecule has 0 atom stereocenters. The van der Waals surface area contributed by atoms with Gasteiger partial charge in [-0.2, -0.15) is 0 Å². The lowest BCUT2D eigenvalue weighted by Gasteiger charge is -2.04. The van der Waals surface area contributed by atoms with E-state index in [-0.39, 0.29) is 0 Å². The summed E-state index contributed by atoms with van der Waals surface area (Å²) in [6, 6.07) is 0. The molecule has 0 unspecified atom stereocenters. The van der Waals surface area contributed by atoms with E-state index in [9.17, 15) is 0 Å². The van der Waals surface area contributed by atoms with Gasteiger partial charge < -0.3 is 4.98 Å². The maximum absolute atomic E-state index is 4.59. The van der Waals surface area contributed by atoms with Crippen LogP contribution >= 0.6 is 0 Å². The average Bonchev–Trinajstić information content (AvgIpc) is 3.01. The average molecular weight is 256 g/mol. The van der Waals surface area contributed by atoms with Crippen LogP contribution in [-0.4, -0.2) is 11.2 Å². The molecule has 0 saturated heterocycles. The van der Waals surface area contributed by atoms with Crippen molar-refractivity contribution in [3.05, 3.63) is 39.9 Å². The summed E-state index contributed by atoms with van der Waals surface area (Å²) in [6.07, 6.45) is 10.7. The molecule has 0 aliphatic carbocycles. The van der Waals surface area contributed by atoms with Crippen LogP contribution in [0.15, 0.2) is 28.0 Å². The van der Waals surface area contributed by atoms with E-state index in [0.29, 0.717) is 0 Å². The Morgan fingerprint density at radius 3 is 2.42 bits per heavy atom. The lowest BCUT2D eigenvalue weighted by Crippen LogP contribution is -1.90. The number of aromatic nitrogens is 1. The minimum Gasteiger partial charge on any atom is -0.361 e. The normalized spacial score (nSPS) is 16.9. The predicted molar refractivity (Wildman–Crippen MR) is 83.6 cm³/mol. The highest BCUT2D eigenvalue weighted by Crippen LogP contribution is 2.29. The zero-order valence-corrected chi connectivity index (χ0v) is 12.5. The lowest BCUT2D eigenvalue weighted by atomic mass is 10.0. The number of nitrogens with zero attached hydrogens (tertiary/aromatic N) is 1. The Labute approximate surface area is 116 Å². The molecule has 2 heteroatoms. The molecule has 1 aliphatic rings. The van der Waals surface area contributed by atoms with Crippen molar-refractivity contribution in [2.75, 3.05) is 0 Å². The molecule has 1 aliphatic heterocycles. The van der Waals surface area contributed by atoms with Gasteiger partial charge in [-0.1, -0.05) is 27.7 Å². The highest BCUT2D eigenvalue weighted by atomic mass is 14.8. The molecule has 2 nitrogen and oxygen atoms in total. The van der Waals surface area contributed by atoms with Crippen LogP contribution in [0.25, 0.3) is 6.08 Å². The van der Waals surface area contributed by atoms with E-state index in [1.165, 1.54) is 28.0 Å². The van der Waals surface area contributed by atoms with E-state index in [2.05, 4.69) is 49.9 Å². The third-order valence-corrected chi connectivity index (χ3v) is 3.92. The third-order valence-electron chi connectivity index (χ3n) is 3.92. The predicted octanol–water partition coefficient (Wildman–Crippen LogP) is 4.68. The first-order valence-corrected chi connectivity index (χ1v) is 7.42. The van der Waals surface area contributed by atoms with Gasteiger partial charge in [0.25, 0.3) is 0 Å². The van der Waals surface area contributed by atoms with Gasteiger partial charge in [0.1, 0.15) is 0 Å². The fourth-order valence-corrected chi connectivity index (χ4v) is 2.82. The molecule has 1 aromatic heterocycles. The zero-order chi connectivity index (χ0) is 13.8. The topological polar surface area (TPSA) is 28.1 Å². The lowest BCUT2D eigenvalue weighted by molar-refractivity contribution is 1.05. The molecule has 0 bridgehead atoms. The molecule has 2 heterocycles. The van der Waals surface area contributed by atoms with Gasteiger partial charge in [-0.3, -0.25) is 4.99 Å². The summed E-state index contributed by atoms with van der Waals surface area (Å²) < 4.78 is 0. The number of rotatable bonds is 5. The van der Waals surface area contributed by atoms with Gasteiger partial charge in [0.05, 0.1) is 5.70 Å². The maximum Gasteiger partial charge on any atom is 0.0685 e. The van der Waals surface area contributed by atoms with Gasteiger partial charge >= 0.3 is 0 Å². The van der Waals surface area contributed by atoms with Crippen molar-refractivity contribution >= 4 is 12.3 Å². The quantitative estimate of drug-likeness (QED) is 0.792. The Morgan fingerprint density at radius 1 is 1.05 bits per heavy atom. The van der Waals surface area contributed by atoms with E-state index in [4.69, 9.17) is 0 Å². The molecule has 1 N–H and O–H groups in total. The van der Waals surface area contributed by atoms with Crippen LogP contribution in [0, 0.1) is 0 Å². The number of nitrogens with one attached hydrogen (secondary N) is 1. The largest absolute Gasteiger partial charge is 0.361 e. The van der Waals surface area contributed by atoms with Crippen molar-refractivity contribution in [3.8, 4) is 0 Å². The molecular formula is C17H24N2. The molecule has 0 radical (unpaired) electrons. The molecule has 2 rings (SSSR count). The molecule has 0 aromatic carbocycles. The van der Waals surface area contributed by atoms with Gasteiger partial charge in [-0.15, -0.1) is 0 Å². The number of hydrogen-bond donors (Lipinski definition) is 1. The number of H-pyrrole nitrogens is 1. The van der Waals surface area contributed by atoms with Crippen molar-refractivity contribution in [1.82, 2.24) is 4.98 Å². The summed E-state index contributed by atoms with van der Waals surface area (Å²) in [7, 11) is 0. The standard InChI is InChI=1S/C17H24N2/c1-5-12-10-18-16(14(12)7-3)9-17-15(8-4)13(6-2)11-19-17/h9-11,18H,5-8H2,1-4H3/b17-9+. The molecule has 1 aromatic rings. The van der Waals surface area contributed by atoms with Crippen molar-refractivity contribution in [2.24, 2.45) is 4.99 Å². The first-order chi connectivity index (χ1) is 9.24. The Morgan fingerprint density at radius 2 is 1.84 bits per heavy atom. The summed E-state index contributed by atoms with van der Waals surface area (Å²) in [6.45, 7) is 8.83. The van der Waals surface area contributed by atoms with E-state index >= 15 is 0 Å². The van der Waals surface area contributed by atoms with Crippen molar-refractivity contribution in [2.45, 2.75) is 53.4 Å². The molecule has 0 spiro atoms. The van der Waals surface area contributed by atoms with Crippen LogP contribution in [0.2, 0.25) is 0 Å². The van der Waals surface area contributed by atoms with Crippen molar-refractivity contribution in [1.29, 1.82) is 0 Å². The molecule has 0 saturated carbocycles. The Hall–Kier alpha value is -1.57. The van der Waals surface area contributed by atoms with Gasteiger partial charge in [-0.05, 0) is 54.0 Å². The highest BCUT2D eigenvalue weighted by Gasteiger charge is 2.14. The first kappa shape index (κ1) is 13.9. The van der Waals surface area contributed by atoms with Crippen molar-refractivity contribution < 1.29 is 0 Å². The monoisotopic (exact) mass is 256 g/mol. The molecule has 19 heavy (non-hydrogen) atoms. The summed E-state index contributed by atoms with van der Waals surface area (Å²) in [5.74, 6) is 0. The van der Waals surface area contributed by atoms with E-state index in [0.717, 1.165) is 31.4 Å². The number of aromatic amines is 1. The number of aliphatic imine (C=N–C) groups is 1. The SMILES string of the molecule is CCC1=C(CC)/C(=C\c2[nH]cc(CC)c2CC)N=C1. The van der Waals surface area contributed by atoms with Crippen LogP contribution in [0.5, 0.6) is 0 Å². The molecule has 0 fully saturated rings. The highest BCUT2D eigenvalue weighted by molar-refractivity contribution is 5.88. The summed E-state index contributed by atoms with van der Waals surface area (Å²) >= 11 is 0. The Kier molecular flexibility index (Phi) is 4.41. The van der Waals surface area contributed by atoms with Crippen molar-refractivity contribution in [3.63, 3.8) is 0 Å². The minimum absolute atomic E-state index is 1.05. The fourth-order valence-electron chi connectivity index (χ4n) is 2.82. The van der Waals surface area contributed by atoms with Crippen LogP contribution in [0.1, 0.15) is 57.4 Å². The smallest absolute Gasteiger partial charge is 0.0685 e. The molecular weight excluding hydrogens is 232 g/mol. The first-order valence-electron chi connectivity index (χ1n) is 7.42. The van der Waals surface area contributed by atoms with Crippen LogP contribution in [-0.2, 0) is 12.8 Å². The van der Waals surface area contributed by atoms with Gasteiger partial charge in [-0.25, -0.2) is 0 Å². The van der Waals surface area contributed by atoms with Crippen LogP contribution in [0.3, 0.4) is 0 Å². The molecule has 0 amide bonds. The maximum atomic E-state index is 4.59. The zero-order valence-electron chi connectivity index (χ0n) is 12.5. The van der Waals surface area contributed by atoms with E-state index < -0.39 is 0 Å². The number of hydrogen-bond acceptors (Lipinski definition) is 1. The van der Waals surface area contributed by atoms with Crippen LogP contribution in [0.4, 0.5) is 0 Å². The second kappa shape index (κ2) is 6.05. The summed E-state index contributed by atoms with van der Waals surface area (Å²) in [5, 5.41) is 0. The van der Waals surface area contributed by atoms with Crippen LogP contribution < -0.4 is 0 Å². The second-order valence-electron chi connectivity index (χ2n) is 4.91. The Bertz CT molecular complexity index is 542. The van der Waals surface area contributed by atoms with Gasteiger partial charge in [0.15, 0.2) is 0 Å². The summed E-state index contributed by atoms with van der Waals surface area (Å²) in [5.41, 5.74) is 8.01. The number of allylic oxidation sites excluding steroid dienone is 2. The minimum atomic E-state index is 1.05.